The number of hydrogen-bond acceptors (Lipinski definition) is 2. The summed E-state index contributed by atoms with van der Waals surface area (Å²) in [5, 5.41) is 9.63. The van der Waals surface area contributed by atoms with E-state index in [-0.39, 0.29) is 5.54 Å². The van der Waals surface area contributed by atoms with Gasteiger partial charge in [-0.2, -0.15) is 5.26 Å². The van der Waals surface area contributed by atoms with Crippen LogP contribution in [0.25, 0.3) is 17.2 Å². The molecular weight excluding hydrogens is 316 g/mol. The first-order valence-corrected chi connectivity index (χ1v) is 9.16. The highest BCUT2D eigenvalue weighted by molar-refractivity contribution is 5.92. The Morgan fingerprint density at radius 2 is 1.85 bits per heavy atom. The summed E-state index contributed by atoms with van der Waals surface area (Å²) in [6.45, 7) is 12.0. The summed E-state index contributed by atoms with van der Waals surface area (Å²) in [6, 6.07) is 16.7. The third-order valence-corrected chi connectivity index (χ3v) is 5.19. The van der Waals surface area contributed by atoms with Gasteiger partial charge < -0.3 is 4.90 Å². The van der Waals surface area contributed by atoms with E-state index >= 15 is 0 Å². The Balaban J connectivity index is 2.14. The quantitative estimate of drug-likeness (QED) is 0.499. The predicted molar refractivity (Wildman–Crippen MR) is 112 cm³/mol. The Labute approximate surface area is 157 Å². The zero-order chi connectivity index (χ0) is 18.9. The second-order valence-electron chi connectivity index (χ2n) is 7.49. The molecule has 0 spiro atoms. The lowest BCUT2D eigenvalue weighted by Gasteiger charge is -2.43. The van der Waals surface area contributed by atoms with Crippen molar-refractivity contribution >= 4 is 22.9 Å². The molecule has 1 heterocycles. The highest BCUT2D eigenvalue weighted by Gasteiger charge is 2.30. The molecule has 2 aromatic carbocycles. The summed E-state index contributed by atoms with van der Waals surface area (Å²) in [5.41, 5.74) is 7.79. The molecule has 0 amide bonds. The number of fused-ring (bicyclic) bond motifs is 1. The van der Waals surface area contributed by atoms with E-state index in [0.29, 0.717) is 5.57 Å². The maximum atomic E-state index is 9.63. The van der Waals surface area contributed by atoms with Gasteiger partial charge >= 0.3 is 0 Å². The summed E-state index contributed by atoms with van der Waals surface area (Å²) in [6.07, 6.45) is 4.35. The fraction of sp³-hybridized carbons (Fsp3) is 0.292. The van der Waals surface area contributed by atoms with Gasteiger partial charge in [0.2, 0.25) is 0 Å². The van der Waals surface area contributed by atoms with Gasteiger partial charge in [0.15, 0.2) is 0 Å². The number of hydrogen-bond donors (Lipinski definition) is 0. The van der Waals surface area contributed by atoms with Gasteiger partial charge in [0, 0.05) is 17.8 Å². The van der Waals surface area contributed by atoms with Crippen LogP contribution < -0.4 is 4.90 Å². The van der Waals surface area contributed by atoms with Crippen molar-refractivity contribution in [1.29, 1.82) is 5.26 Å². The molecule has 0 aromatic heterocycles. The Morgan fingerprint density at radius 3 is 2.46 bits per heavy atom. The lowest BCUT2D eigenvalue weighted by atomic mass is 9.86. The largest absolute Gasteiger partial charge is 0.363 e. The molecule has 0 radical (unpaired) electrons. The average Bonchev–Trinajstić information content (AvgIpc) is 2.60. The van der Waals surface area contributed by atoms with Crippen LogP contribution in [0.15, 0.2) is 48.5 Å². The van der Waals surface area contributed by atoms with Crippen LogP contribution in [0.5, 0.6) is 0 Å². The molecule has 1 aliphatic heterocycles. The Kier molecular flexibility index (Phi) is 4.74. The summed E-state index contributed by atoms with van der Waals surface area (Å²) in [7, 11) is 0. The first-order valence-electron chi connectivity index (χ1n) is 9.16. The molecule has 0 saturated heterocycles. The molecule has 0 saturated carbocycles. The number of allylic oxidation sites excluding steroid dienone is 2. The van der Waals surface area contributed by atoms with Gasteiger partial charge in [0.25, 0.3) is 0 Å². The maximum Gasteiger partial charge on any atom is 0.0998 e. The zero-order valence-corrected chi connectivity index (χ0v) is 16.3. The number of anilines is 1. The lowest BCUT2D eigenvalue weighted by molar-refractivity contribution is 0.566. The molecule has 3 rings (SSSR count). The van der Waals surface area contributed by atoms with E-state index in [0.717, 1.165) is 17.7 Å². The van der Waals surface area contributed by atoms with Crippen molar-refractivity contribution in [1.82, 2.24) is 0 Å². The monoisotopic (exact) mass is 342 g/mol. The standard InChI is InChI=1S/C24H26N2/c1-6-26-23-12-17(2)20(14-22(23)18(3)15-24(26,4)5)13-21(16-25)19-10-8-7-9-11-19/h7-15H,6H2,1-5H3/b21-13-. The molecule has 0 bridgehead atoms. The van der Waals surface area contributed by atoms with Crippen molar-refractivity contribution in [2.75, 3.05) is 11.4 Å². The highest BCUT2D eigenvalue weighted by atomic mass is 15.2. The molecule has 0 atom stereocenters. The number of rotatable bonds is 3. The van der Waals surface area contributed by atoms with Crippen LogP contribution in [-0.4, -0.2) is 12.1 Å². The summed E-state index contributed by atoms with van der Waals surface area (Å²) < 4.78 is 0. The zero-order valence-electron chi connectivity index (χ0n) is 16.3. The second kappa shape index (κ2) is 6.84. The first kappa shape index (κ1) is 18.0. The van der Waals surface area contributed by atoms with E-state index in [1.54, 1.807) is 0 Å². The van der Waals surface area contributed by atoms with Crippen LogP contribution in [0.4, 0.5) is 5.69 Å². The van der Waals surface area contributed by atoms with Crippen molar-refractivity contribution in [3.8, 4) is 6.07 Å². The van der Waals surface area contributed by atoms with Crippen molar-refractivity contribution in [2.45, 2.75) is 40.2 Å². The normalized spacial score (nSPS) is 15.9. The molecule has 2 nitrogen and oxygen atoms in total. The topological polar surface area (TPSA) is 27.0 Å². The Morgan fingerprint density at radius 1 is 1.15 bits per heavy atom. The second-order valence-corrected chi connectivity index (χ2v) is 7.49. The smallest absolute Gasteiger partial charge is 0.0998 e. The van der Waals surface area contributed by atoms with Crippen molar-refractivity contribution < 1.29 is 0 Å². The summed E-state index contributed by atoms with van der Waals surface area (Å²) in [5.74, 6) is 0. The van der Waals surface area contributed by atoms with Crippen LogP contribution in [0.3, 0.4) is 0 Å². The number of nitriles is 1. The van der Waals surface area contributed by atoms with Crippen molar-refractivity contribution in [2.24, 2.45) is 0 Å². The fourth-order valence-electron chi connectivity index (χ4n) is 3.93. The first-order chi connectivity index (χ1) is 12.4. The third kappa shape index (κ3) is 3.18. The van der Waals surface area contributed by atoms with Gasteiger partial charge in [0.1, 0.15) is 0 Å². The van der Waals surface area contributed by atoms with Gasteiger partial charge in [0.05, 0.1) is 17.2 Å². The summed E-state index contributed by atoms with van der Waals surface area (Å²) in [4.78, 5) is 2.44. The van der Waals surface area contributed by atoms with Gasteiger partial charge in [-0.3, -0.25) is 0 Å². The Bertz CT molecular complexity index is 925. The van der Waals surface area contributed by atoms with E-state index in [2.05, 4.69) is 63.8 Å². The van der Waals surface area contributed by atoms with Crippen LogP contribution in [0.1, 0.15) is 49.9 Å². The molecule has 26 heavy (non-hydrogen) atoms. The van der Waals surface area contributed by atoms with Crippen LogP contribution >= 0.6 is 0 Å². The molecule has 2 heteroatoms. The minimum atomic E-state index is 0.0114. The van der Waals surface area contributed by atoms with Gasteiger partial charge in [-0.1, -0.05) is 36.4 Å². The SMILES string of the molecule is CCN1c2cc(C)c(/C=C(/C#N)c3ccccc3)cc2C(C)=CC1(C)C. The van der Waals surface area contributed by atoms with E-state index in [4.69, 9.17) is 0 Å². The van der Waals surface area contributed by atoms with Crippen molar-refractivity contribution in [3.05, 3.63) is 70.8 Å². The number of aryl methyl sites for hydroxylation is 1. The molecule has 1 aliphatic rings. The average molecular weight is 342 g/mol. The third-order valence-electron chi connectivity index (χ3n) is 5.19. The molecule has 0 fully saturated rings. The minimum absolute atomic E-state index is 0.0114. The number of benzene rings is 2. The van der Waals surface area contributed by atoms with Crippen LogP contribution in [0, 0.1) is 18.3 Å². The van der Waals surface area contributed by atoms with Gasteiger partial charge in [-0.15, -0.1) is 0 Å². The Hall–Kier alpha value is -2.79. The fourth-order valence-corrected chi connectivity index (χ4v) is 3.93. The number of likely N-dealkylation sites (N-methyl/N-ethyl adjacent to an activating group) is 1. The minimum Gasteiger partial charge on any atom is -0.363 e. The van der Waals surface area contributed by atoms with Gasteiger partial charge in [-0.05, 0) is 75.1 Å². The summed E-state index contributed by atoms with van der Waals surface area (Å²) >= 11 is 0. The predicted octanol–water partition coefficient (Wildman–Crippen LogP) is 6.08. The van der Waals surface area contributed by atoms with E-state index in [9.17, 15) is 5.26 Å². The maximum absolute atomic E-state index is 9.63. The molecule has 2 aromatic rings. The van der Waals surface area contributed by atoms with Gasteiger partial charge in [-0.25, -0.2) is 0 Å². The molecule has 0 aliphatic carbocycles. The number of nitrogens with zero attached hydrogens (tertiary/aromatic N) is 2. The molecule has 132 valence electrons. The molecule has 0 N–H and O–H groups in total. The highest BCUT2D eigenvalue weighted by Crippen LogP contribution is 2.40. The van der Waals surface area contributed by atoms with E-state index in [1.165, 1.54) is 22.4 Å². The molecular formula is C24H26N2. The van der Waals surface area contributed by atoms with Crippen molar-refractivity contribution in [3.63, 3.8) is 0 Å². The van der Waals surface area contributed by atoms with Crippen LogP contribution in [-0.2, 0) is 0 Å². The lowest BCUT2D eigenvalue weighted by Crippen LogP contribution is -2.44. The van der Waals surface area contributed by atoms with E-state index in [1.807, 2.05) is 36.4 Å². The van der Waals surface area contributed by atoms with Crippen LogP contribution in [0.2, 0.25) is 0 Å². The molecule has 0 unspecified atom stereocenters. The van der Waals surface area contributed by atoms with E-state index < -0.39 is 0 Å².